The van der Waals surface area contributed by atoms with Crippen LogP contribution in [0.2, 0.25) is 0 Å². The monoisotopic (exact) mass is 492 g/mol. The molecular weight excluding hydrogens is 467 g/mol. The number of sulfone groups is 1. The van der Waals surface area contributed by atoms with Gasteiger partial charge in [0.1, 0.15) is 11.6 Å². The maximum Gasteiger partial charge on any atom is 0.254 e. The summed E-state index contributed by atoms with van der Waals surface area (Å²) in [6, 6.07) is 21.5. The molecule has 0 saturated heterocycles. The van der Waals surface area contributed by atoms with Gasteiger partial charge >= 0.3 is 0 Å². The van der Waals surface area contributed by atoms with E-state index in [1.165, 1.54) is 24.3 Å². The fourth-order valence-electron chi connectivity index (χ4n) is 3.71. The molecule has 0 bridgehead atoms. The Labute approximate surface area is 203 Å². The molecule has 0 aliphatic rings. The van der Waals surface area contributed by atoms with Gasteiger partial charge in [0.05, 0.1) is 28.3 Å². The van der Waals surface area contributed by atoms with Crippen molar-refractivity contribution in [2.75, 3.05) is 26.5 Å². The molecule has 0 unspecified atom stereocenters. The molecule has 180 valence electrons. The third-order valence-corrected chi connectivity index (χ3v) is 6.68. The van der Waals surface area contributed by atoms with Gasteiger partial charge in [0.25, 0.3) is 5.91 Å². The lowest BCUT2D eigenvalue weighted by atomic mass is 10.0. The number of fused-ring (bicyclic) bond motifs is 1. The summed E-state index contributed by atoms with van der Waals surface area (Å²) in [6.07, 6.45) is 1.70. The molecule has 4 rings (SSSR count). The fraction of sp³-hybridized carbons (Fsp3) is 0.185. The van der Waals surface area contributed by atoms with Gasteiger partial charge in [0.2, 0.25) is 0 Å². The van der Waals surface area contributed by atoms with Crippen molar-refractivity contribution in [1.82, 2.24) is 9.88 Å². The van der Waals surface area contributed by atoms with Crippen LogP contribution in [0.15, 0.2) is 83.8 Å². The summed E-state index contributed by atoms with van der Waals surface area (Å²) >= 11 is 0. The molecule has 0 radical (unpaired) electrons. The standard InChI is InChI=1S/C27H25FN2O4S/c1-30(15-6-16-34-21-7-5-8-22(17-21)35(2,32)33)27(31)24-18-26(19-11-13-20(28)14-12-19)29-25-10-4-3-9-23(24)25/h3-5,7-14,17-18H,6,15-16H2,1-2H3. The lowest BCUT2D eigenvalue weighted by Gasteiger charge is -2.19. The molecule has 0 N–H and O–H groups in total. The minimum Gasteiger partial charge on any atom is -0.493 e. The van der Waals surface area contributed by atoms with Gasteiger partial charge in [0, 0.05) is 30.8 Å². The van der Waals surface area contributed by atoms with E-state index in [2.05, 4.69) is 4.98 Å². The predicted octanol–water partition coefficient (Wildman–Crippen LogP) is 4.99. The second-order valence-electron chi connectivity index (χ2n) is 8.25. The largest absolute Gasteiger partial charge is 0.493 e. The number of para-hydroxylation sites is 1. The van der Waals surface area contributed by atoms with Crippen LogP contribution in [0.1, 0.15) is 16.8 Å². The van der Waals surface area contributed by atoms with Crippen molar-refractivity contribution < 1.29 is 22.3 Å². The Morgan fingerprint density at radius 3 is 2.49 bits per heavy atom. The van der Waals surface area contributed by atoms with E-state index in [0.717, 1.165) is 17.2 Å². The van der Waals surface area contributed by atoms with E-state index in [4.69, 9.17) is 4.74 Å². The van der Waals surface area contributed by atoms with Crippen LogP contribution in [-0.2, 0) is 9.84 Å². The highest BCUT2D eigenvalue weighted by molar-refractivity contribution is 7.90. The van der Waals surface area contributed by atoms with Gasteiger partial charge in [-0.05, 0) is 61.0 Å². The summed E-state index contributed by atoms with van der Waals surface area (Å²) in [5.74, 6) is -0.0344. The molecule has 0 saturated carbocycles. The van der Waals surface area contributed by atoms with E-state index in [0.29, 0.717) is 42.1 Å². The van der Waals surface area contributed by atoms with Crippen molar-refractivity contribution >= 4 is 26.6 Å². The molecule has 1 aromatic heterocycles. The number of amides is 1. The number of nitrogens with zero attached hydrogens (tertiary/aromatic N) is 2. The fourth-order valence-corrected chi connectivity index (χ4v) is 4.37. The van der Waals surface area contributed by atoms with Gasteiger partial charge in [-0.15, -0.1) is 0 Å². The zero-order chi connectivity index (χ0) is 25.0. The average Bonchev–Trinajstić information content (AvgIpc) is 2.85. The summed E-state index contributed by atoms with van der Waals surface area (Å²) in [6.45, 7) is 0.760. The Kier molecular flexibility index (Phi) is 7.12. The Morgan fingerprint density at radius 1 is 1.00 bits per heavy atom. The van der Waals surface area contributed by atoms with Gasteiger partial charge in [-0.1, -0.05) is 24.3 Å². The number of benzene rings is 3. The van der Waals surface area contributed by atoms with Crippen molar-refractivity contribution in [1.29, 1.82) is 0 Å². The highest BCUT2D eigenvalue weighted by Gasteiger charge is 2.17. The van der Waals surface area contributed by atoms with Crippen LogP contribution in [-0.4, -0.2) is 50.7 Å². The van der Waals surface area contributed by atoms with E-state index < -0.39 is 9.84 Å². The molecule has 8 heteroatoms. The zero-order valence-corrected chi connectivity index (χ0v) is 20.3. The number of halogens is 1. The summed E-state index contributed by atoms with van der Waals surface area (Å²) in [5, 5.41) is 0.740. The van der Waals surface area contributed by atoms with Crippen LogP contribution in [0.25, 0.3) is 22.2 Å². The Balaban J connectivity index is 1.47. The first-order chi connectivity index (χ1) is 16.7. The first-order valence-electron chi connectivity index (χ1n) is 11.1. The number of pyridine rings is 1. The van der Waals surface area contributed by atoms with Crippen molar-refractivity contribution in [2.24, 2.45) is 0 Å². The third-order valence-electron chi connectivity index (χ3n) is 5.57. The van der Waals surface area contributed by atoms with E-state index >= 15 is 0 Å². The molecule has 1 heterocycles. The highest BCUT2D eigenvalue weighted by atomic mass is 32.2. The lowest BCUT2D eigenvalue weighted by Crippen LogP contribution is -2.29. The molecule has 4 aromatic rings. The minimum absolute atomic E-state index is 0.161. The number of hydrogen-bond acceptors (Lipinski definition) is 5. The van der Waals surface area contributed by atoms with Gasteiger partial charge in [-0.25, -0.2) is 17.8 Å². The molecule has 0 fully saturated rings. The maximum absolute atomic E-state index is 13.4. The molecule has 6 nitrogen and oxygen atoms in total. The third kappa shape index (κ3) is 5.84. The van der Waals surface area contributed by atoms with Crippen LogP contribution in [0.3, 0.4) is 0 Å². The minimum atomic E-state index is -3.31. The van der Waals surface area contributed by atoms with Gasteiger partial charge in [-0.2, -0.15) is 0 Å². The lowest BCUT2D eigenvalue weighted by molar-refractivity contribution is 0.0789. The molecule has 0 spiro atoms. The average molecular weight is 493 g/mol. The Hall–Kier alpha value is -3.78. The van der Waals surface area contributed by atoms with E-state index in [1.54, 1.807) is 42.3 Å². The van der Waals surface area contributed by atoms with Crippen molar-refractivity contribution in [2.45, 2.75) is 11.3 Å². The number of carbonyl (C=O) groups is 1. The number of aromatic nitrogens is 1. The number of rotatable bonds is 8. The summed E-state index contributed by atoms with van der Waals surface area (Å²) < 4.78 is 42.5. The van der Waals surface area contributed by atoms with Gasteiger partial charge in [-0.3, -0.25) is 4.79 Å². The van der Waals surface area contributed by atoms with Gasteiger partial charge in [0.15, 0.2) is 9.84 Å². The van der Waals surface area contributed by atoms with Gasteiger partial charge < -0.3 is 9.64 Å². The normalized spacial score (nSPS) is 11.4. The molecular formula is C27H25FN2O4S. The smallest absolute Gasteiger partial charge is 0.254 e. The first-order valence-corrected chi connectivity index (χ1v) is 13.0. The van der Waals surface area contributed by atoms with E-state index in [9.17, 15) is 17.6 Å². The van der Waals surface area contributed by atoms with E-state index in [-0.39, 0.29) is 16.6 Å². The van der Waals surface area contributed by atoms with Crippen molar-refractivity contribution in [3.05, 3.63) is 90.2 Å². The molecule has 1 amide bonds. The SMILES string of the molecule is CN(CCCOc1cccc(S(C)(=O)=O)c1)C(=O)c1cc(-c2ccc(F)cc2)nc2ccccc12. The summed E-state index contributed by atoms with van der Waals surface area (Å²) in [4.78, 5) is 19.8. The Bertz CT molecular complexity index is 1470. The molecule has 0 aliphatic heterocycles. The number of hydrogen-bond donors (Lipinski definition) is 0. The quantitative estimate of drug-likeness (QED) is 0.324. The zero-order valence-electron chi connectivity index (χ0n) is 19.4. The van der Waals surface area contributed by atoms with Crippen LogP contribution in [0.5, 0.6) is 5.75 Å². The Morgan fingerprint density at radius 2 is 1.74 bits per heavy atom. The topological polar surface area (TPSA) is 76.6 Å². The summed E-state index contributed by atoms with van der Waals surface area (Å²) in [5.41, 5.74) is 2.51. The molecule has 35 heavy (non-hydrogen) atoms. The number of ether oxygens (including phenoxy) is 1. The summed E-state index contributed by atoms with van der Waals surface area (Å²) in [7, 11) is -1.59. The van der Waals surface area contributed by atoms with Crippen LogP contribution in [0.4, 0.5) is 4.39 Å². The predicted molar refractivity (Wildman–Crippen MR) is 134 cm³/mol. The van der Waals surface area contributed by atoms with Crippen LogP contribution >= 0.6 is 0 Å². The van der Waals surface area contributed by atoms with Crippen molar-refractivity contribution in [3.8, 4) is 17.0 Å². The van der Waals surface area contributed by atoms with Crippen LogP contribution < -0.4 is 4.74 Å². The molecule has 3 aromatic carbocycles. The second-order valence-corrected chi connectivity index (χ2v) is 10.3. The molecule has 0 atom stereocenters. The van der Waals surface area contributed by atoms with E-state index in [1.807, 2.05) is 24.3 Å². The maximum atomic E-state index is 13.4. The molecule has 0 aliphatic carbocycles. The second kappa shape index (κ2) is 10.2. The van der Waals surface area contributed by atoms with Crippen molar-refractivity contribution in [3.63, 3.8) is 0 Å². The van der Waals surface area contributed by atoms with Crippen LogP contribution in [0, 0.1) is 5.82 Å². The first kappa shape index (κ1) is 24.3. The number of carbonyl (C=O) groups excluding carboxylic acids is 1. The highest BCUT2D eigenvalue weighted by Crippen LogP contribution is 2.26.